The van der Waals surface area contributed by atoms with E-state index < -0.39 is 0 Å². The predicted molar refractivity (Wildman–Crippen MR) is 114 cm³/mol. The van der Waals surface area contributed by atoms with E-state index in [4.69, 9.17) is 4.52 Å². The van der Waals surface area contributed by atoms with Crippen LogP contribution in [0.25, 0.3) is 11.4 Å². The number of nitrogens with zero attached hydrogens (tertiary/aromatic N) is 4. The molecule has 1 aromatic heterocycles. The van der Waals surface area contributed by atoms with Crippen LogP contribution in [0.15, 0.2) is 59.1 Å². The minimum atomic E-state index is 0.0620. The fourth-order valence-corrected chi connectivity index (χ4v) is 3.57. The molecule has 0 atom stereocenters. The van der Waals surface area contributed by atoms with Gasteiger partial charge in [0.25, 0.3) is 0 Å². The summed E-state index contributed by atoms with van der Waals surface area (Å²) >= 11 is 0. The predicted octanol–water partition coefficient (Wildman–Crippen LogP) is 2.48. The molecular formula is C23H27N5O2. The average molecular weight is 406 g/mol. The van der Waals surface area contributed by atoms with Crippen molar-refractivity contribution in [3.63, 3.8) is 0 Å². The molecule has 0 spiro atoms. The van der Waals surface area contributed by atoms with Gasteiger partial charge in [0.1, 0.15) is 0 Å². The Labute approximate surface area is 176 Å². The Kier molecular flexibility index (Phi) is 6.51. The van der Waals surface area contributed by atoms with Crippen LogP contribution in [-0.4, -0.2) is 58.6 Å². The summed E-state index contributed by atoms with van der Waals surface area (Å²) in [6.07, 6.45) is 0. The van der Waals surface area contributed by atoms with Crippen molar-refractivity contribution in [3.05, 3.63) is 71.6 Å². The second-order valence-corrected chi connectivity index (χ2v) is 7.70. The van der Waals surface area contributed by atoms with Crippen LogP contribution in [0.5, 0.6) is 0 Å². The lowest BCUT2D eigenvalue weighted by Gasteiger charge is -2.33. The van der Waals surface area contributed by atoms with Gasteiger partial charge in [0.2, 0.25) is 17.6 Å². The molecule has 1 fully saturated rings. The molecule has 4 rings (SSSR count). The number of aryl methyl sites for hydroxylation is 1. The summed E-state index contributed by atoms with van der Waals surface area (Å²) in [5.41, 5.74) is 3.25. The molecule has 156 valence electrons. The molecule has 3 aromatic rings. The van der Waals surface area contributed by atoms with Crippen molar-refractivity contribution in [1.82, 2.24) is 25.3 Å². The van der Waals surface area contributed by atoms with E-state index in [2.05, 4.69) is 31.3 Å². The van der Waals surface area contributed by atoms with Crippen molar-refractivity contribution in [2.24, 2.45) is 0 Å². The van der Waals surface area contributed by atoms with Crippen molar-refractivity contribution >= 4 is 5.91 Å². The number of piperazine rings is 1. The van der Waals surface area contributed by atoms with Crippen LogP contribution in [0.3, 0.4) is 0 Å². The Morgan fingerprint density at radius 3 is 2.57 bits per heavy atom. The van der Waals surface area contributed by atoms with E-state index in [-0.39, 0.29) is 5.91 Å². The molecule has 7 nitrogen and oxygen atoms in total. The van der Waals surface area contributed by atoms with E-state index in [1.165, 1.54) is 5.56 Å². The van der Waals surface area contributed by atoms with E-state index in [1.54, 1.807) is 0 Å². The first kappa shape index (κ1) is 20.3. The molecule has 30 heavy (non-hydrogen) atoms. The highest BCUT2D eigenvalue weighted by Crippen LogP contribution is 2.18. The van der Waals surface area contributed by atoms with Crippen LogP contribution in [0, 0.1) is 6.92 Å². The molecule has 0 radical (unpaired) electrons. The average Bonchev–Trinajstić information content (AvgIpc) is 3.23. The zero-order valence-corrected chi connectivity index (χ0v) is 17.3. The van der Waals surface area contributed by atoms with Gasteiger partial charge < -0.3 is 9.84 Å². The third-order valence-electron chi connectivity index (χ3n) is 5.27. The summed E-state index contributed by atoms with van der Waals surface area (Å²) in [6, 6.07) is 18.0. The lowest BCUT2D eigenvalue weighted by atomic mass is 10.1. The number of nitrogens with one attached hydrogen (secondary N) is 1. The lowest BCUT2D eigenvalue weighted by Crippen LogP contribution is -2.49. The maximum Gasteiger partial charge on any atom is 0.241 e. The van der Waals surface area contributed by atoms with Crippen LogP contribution < -0.4 is 5.32 Å². The van der Waals surface area contributed by atoms with Crippen molar-refractivity contribution in [2.75, 3.05) is 32.7 Å². The summed E-state index contributed by atoms with van der Waals surface area (Å²) in [5.74, 6) is 1.31. The van der Waals surface area contributed by atoms with Gasteiger partial charge in [-0.1, -0.05) is 59.3 Å². The molecule has 0 bridgehead atoms. The van der Waals surface area contributed by atoms with Crippen molar-refractivity contribution in [3.8, 4) is 11.4 Å². The minimum Gasteiger partial charge on any atom is -0.351 e. The first-order valence-electron chi connectivity index (χ1n) is 10.3. The second-order valence-electron chi connectivity index (χ2n) is 7.70. The minimum absolute atomic E-state index is 0.0620. The SMILES string of the molecule is Cc1cccc(-c2noc(CN3CCN(CC(=O)NCc4ccccc4)CC3)n2)c1. The van der Waals surface area contributed by atoms with Gasteiger partial charge in [0, 0.05) is 38.3 Å². The molecule has 0 aliphatic carbocycles. The fourth-order valence-electron chi connectivity index (χ4n) is 3.57. The van der Waals surface area contributed by atoms with Crippen molar-refractivity contribution in [2.45, 2.75) is 20.0 Å². The van der Waals surface area contributed by atoms with E-state index in [0.29, 0.717) is 31.3 Å². The molecular weight excluding hydrogens is 378 g/mol. The second kappa shape index (κ2) is 9.65. The lowest BCUT2D eigenvalue weighted by molar-refractivity contribution is -0.122. The van der Waals surface area contributed by atoms with Gasteiger partial charge in [-0.2, -0.15) is 4.98 Å². The van der Waals surface area contributed by atoms with Crippen molar-refractivity contribution < 1.29 is 9.32 Å². The Bertz CT molecular complexity index is 964. The van der Waals surface area contributed by atoms with Gasteiger partial charge >= 0.3 is 0 Å². The van der Waals surface area contributed by atoms with Crippen LogP contribution in [0.4, 0.5) is 0 Å². The standard InChI is InChI=1S/C23H27N5O2/c1-18-6-5-9-20(14-18)23-25-22(30-26-23)17-28-12-10-27(11-13-28)16-21(29)24-15-19-7-3-2-4-8-19/h2-9,14H,10-13,15-17H2,1H3,(H,24,29). The number of amides is 1. The first-order chi connectivity index (χ1) is 14.7. The highest BCUT2D eigenvalue weighted by Gasteiger charge is 2.21. The number of rotatable bonds is 7. The summed E-state index contributed by atoms with van der Waals surface area (Å²) in [6.45, 7) is 7.11. The first-order valence-corrected chi connectivity index (χ1v) is 10.3. The third-order valence-corrected chi connectivity index (χ3v) is 5.27. The maximum absolute atomic E-state index is 12.2. The molecule has 1 saturated heterocycles. The smallest absolute Gasteiger partial charge is 0.241 e. The van der Waals surface area contributed by atoms with Gasteiger partial charge in [0.15, 0.2) is 0 Å². The van der Waals surface area contributed by atoms with Gasteiger partial charge in [-0.15, -0.1) is 0 Å². The van der Waals surface area contributed by atoms with E-state index in [1.807, 2.05) is 55.5 Å². The number of benzene rings is 2. The fraction of sp³-hybridized carbons (Fsp3) is 0.348. The highest BCUT2D eigenvalue weighted by molar-refractivity contribution is 5.78. The van der Waals surface area contributed by atoms with Gasteiger partial charge in [-0.05, 0) is 18.6 Å². The number of carbonyl (C=O) groups is 1. The molecule has 1 amide bonds. The van der Waals surface area contributed by atoms with Crippen LogP contribution >= 0.6 is 0 Å². The molecule has 0 unspecified atom stereocenters. The Morgan fingerprint density at radius 1 is 1.03 bits per heavy atom. The zero-order valence-electron chi connectivity index (χ0n) is 17.3. The molecule has 7 heteroatoms. The molecule has 1 aliphatic heterocycles. The van der Waals surface area contributed by atoms with E-state index in [0.717, 1.165) is 37.3 Å². The van der Waals surface area contributed by atoms with Gasteiger partial charge in [0.05, 0.1) is 13.1 Å². The van der Waals surface area contributed by atoms with Crippen LogP contribution in [0.1, 0.15) is 17.0 Å². The highest BCUT2D eigenvalue weighted by atomic mass is 16.5. The third kappa shape index (κ3) is 5.52. The molecule has 1 aliphatic rings. The van der Waals surface area contributed by atoms with Gasteiger partial charge in [-0.25, -0.2) is 0 Å². The Morgan fingerprint density at radius 2 is 1.80 bits per heavy atom. The normalized spacial score (nSPS) is 15.2. The number of aromatic nitrogens is 2. The topological polar surface area (TPSA) is 74.5 Å². The van der Waals surface area contributed by atoms with E-state index in [9.17, 15) is 4.79 Å². The summed E-state index contributed by atoms with van der Waals surface area (Å²) in [5, 5.41) is 7.11. The summed E-state index contributed by atoms with van der Waals surface area (Å²) in [4.78, 5) is 21.2. The number of carbonyl (C=O) groups excluding carboxylic acids is 1. The molecule has 2 heterocycles. The van der Waals surface area contributed by atoms with Gasteiger partial charge in [-0.3, -0.25) is 14.6 Å². The summed E-state index contributed by atoms with van der Waals surface area (Å²) < 4.78 is 5.45. The molecule has 2 aromatic carbocycles. The monoisotopic (exact) mass is 405 g/mol. The van der Waals surface area contributed by atoms with Crippen molar-refractivity contribution in [1.29, 1.82) is 0 Å². The number of hydrogen-bond acceptors (Lipinski definition) is 6. The quantitative estimate of drug-likeness (QED) is 0.651. The number of hydrogen-bond donors (Lipinski definition) is 1. The maximum atomic E-state index is 12.2. The van der Waals surface area contributed by atoms with E-state index >= 15 is 0 Å². The van der Waals surface area contributed by atoms with Crippen LogP contribution in [-0.2, 0) is 17.9 Å². The largest absolute Gasteiger partial charge is 0.351 e. The van der Waals surface area contributed by atoms with Crippen LogP contribution in [0.2, 0.25) is 0 Å². The Balaban J connectivity index is 1.21. The Hall–Kier alpha value is -3.03. The zero-order chi connectivity index (χ0) is 20.8. The molecule has 1 N–H and O–H groups in total. The molecule has 0 saturated carbocycles. The summed E-state index contributed by atoms with van der Waals surface area (Å²) in [7, 11) is 0.